The number of benzene rings is 1. The molecule has 2 N–H and O–H groups in total. The standard InChI is InChI=1S/C15H17N3O3/c1-21-12-4-2-3-10(7-12)14-13(8-16-17-14)15(20)18-6-5-11(19)9-18/h2-4,7-8,11,19H,5-6,9H2,1H3,(H,16,17)/t11-/m0/s1. The minimum absolute atomic E-state index is 0.113. The van der Waals surface area contributed by atoms with Gasteiger partial charge in [-0.3, -0.25) is 9.89 Å². The largest absolute Gasteiger partial charge is 0.497 e. The van der Waals surface area contributed by atoms with Gasteiger partial charge in [-0.15, -0.1) is 0 Å². The van der Waals surface area contributed by atoms with E-state index in [-0.39, 0.29) is 5.91 Å². The van der Waals surface area contributed by atoms with Gasteiger partial charge in [0.05, 0.1) is 30.7 Å². The number of ether oxygens (including phenoxy) is 1. The summed E-state index contributed by atoms with van der Waals surface area (Å²) < 4.78 is 5.20. The van der Waals surface area contributed by atoms with Gasteiger partial charge in [0.2, 0.25) is 0 Å². The molecule has 1 aromatic carbocycles. The molecule has 0 bridgehead atoms. The molecule has 0 spiro atoms. The Labute approximate surface area is 122 Å². The van der Waals surface area contributed by atoms with Crippen molar-refractivity contribution in [1.82, 2.24) is 15.1 Å². The maximum Gasteiger partial charge on any atom is 0.257 e. The number of aromatic nitrogens is 2. The van der Waals surface area contributed by atoms with Gasteiger partial charge in [0.1, 0.15) is 5.75 Å². The lowest BCUT2D eigenvalue weighted by molar-refractivity contribution is 0.0766. The topological polar surface area (TPSA) is 78.5 Å². The molecule has 0 radical (unpaired) electrons. The van der Waals surface area contributed by atoms with E-state index in [1.54, 1.807) is 12.0 Å². The number of aliphatic hydroxyl groups excluding tert-OH is 1. The maximum atomic E-state index is 12.5. The third kappa shape index (κ3) is 2.62. The Balaban J connectivity index is 1.91. The van der Waals surface area contributed by atoms with Crippen LogP contribution in [0, 0.1) is 0 Å². The molecular weight excluding hydrogens is 270 g/mol. The van der Waals surface area contributed by atoms with Gasteiger partial charge in [0.25, 0.3) is 5.91 Å². The Bertz CT molecular complexity index is 653. The molecule has 1 saturated heterocycles. The highest BCUT2D eigenvalue weighted by Crippen LogP contribution is 2.26. The molecular formula is C15H17N3O3. The molecule has 6 heteroatoms. The van der Waals surface area contributed by atoms with Gasteiger partial charge in [-0.1, -0.05) is 12.1 Å². The van der Waals surface area contributed by atoms with Gasteiger partial charge in [0, 0.05) is 18.7 Å². The second kappa shape index (κ2) is 5.57. The van der Waals surface area contributed by atoms with E-state index in [1.165, 1.54) is 6.20 Å². The van der Waals surface area contributed by atoms with Crippen LogP contribution in [0.1, 0.15) is 16.8 Å². The molecule has 1 aliphatic heterocycles. The van der Waals surface area contributed by atoms with Crippen molar-refractivity contribution < 1.29 is 14.6 Å². The number of β-amino-alcohol motifs (C(OH)–C–C–N with tert-alkyl or cyclic N) is 1. The number of hydrogen-bond acceptors (Lipinski definition) is 4. The van der Waals surface area contributed by atoms with E-state index < -0.39 is 6.10 Å². The van der Waals surface area contributed by atoms with Crippen LogP contribution in [0.25, 0.3) is 11.3 Å². The number of aromatic amines is 1. The van der Waals surface area contributed by atoms with Crippen molar-refractivity contribution in [2.24, 2.45) is 0 Å². The Morgan fingerprint density at radius 1 is 1.52 bits per heavy atom. The summed E-state index contributed by atoms with van der Waals surface area (Å²) >= 11 is 0. The summed E-state index contributed by atoms with van der Waals surface area (Å²) in [6, 6.07) is 7.45. The number of carbonyl (C=O) groups excluding carboxylic acids is 1. The number of amides is 1. The third-order valence-corrected chi connectivity index (χ3v) is 3.68. The van der Waals surface area contributed by atoms with Crippen LogP contribution in [0.2, 0.25) is 0 Å². The molecule has 2 heterocycles. The molecule has 1 aliphatic rings. The summed E-state index contributed by atoms with van der Waals surface area (Å²) in [5.41, 5.74) is 2.02. The summed E-state index contributed by atoms with van der Waals surface area (Å²) in [5.74, 6) is 0.607. The van der Waals surface area contributed by atoms with Gasteiger partial charge < -0.3 is 14.7 Å². The molecule has 0 unspecified atom stereocenters. The second-order valence-electron chi connectivity index (χ2n) is 5.08. The van der Waals surface area contributed by atoms with E-state index in [2.05, 4.69) is 10.2 Å². The first kappa shape index (κ1) is 13.6. The van der Waals surface area contributed by atoms with Crippen molar-refractivity contribution in [2.75, 3.05) is 20.2 Å². The Kier molecular flexibility index (Phi) is 3.62. The zero-order chi connectivity index (χ0) is 14.8. The first-order valence-corrected chi connectivity index (χ1v) is 6.84. The zero-order valence-corrected chi connectivity index (χ0v) is 11.7. The SMILES string of the molecule is COc1cccc(-c2[nH]ncc2C(=O)N2CC[C@H](O)C2)c1. The van der Waals surface area contributed by atoms with Crippen LogP contribution in [-0.4, -0.2) is 52.4 Å². The highest BCUT2D eigenvalue weighted by Gasteiger charge is 2.27. The highest BCUT2D eigenvalue weighted by atomic mass is 16.5. The molecule has 1 atom stereocenters. The number of nitrogens with one attached hydrogen (secondary N) is 1. The van der Waals surface area contributed by atoms with Crippen LogP contribution in [0.3, 0.4) is 0 Å². The Morgan fingerprint density at radius 3 is 3.10 bits per heavy atom. The molecule has 21 heavy (non-hydrogen) atoms. The summed E-state index contributed by atoms with van der Waals surface area (Å²) in [6.07, 6.45) is 1.72. The number of nitrogens with zero attached hydrogens (tertiary/aromatic N) is 2. The summed E-state index contributed by atoms with van der Waals surface area (Å²) in [4.78, 5) is 14.2. The van der Waals surface area contributed by atoms with E-state index in [4.69, 9.17) is 4.74 Å². The number of hydrogen-bond donors (Lipinski definition) is 2. The average Bonchev–Trinajstić information content (AvgIpc) is 3.15. The van der Waals surface area contributed by atoms with Gasteiger partial charge >= 0.3 is 0 Å². The van der Waals surface area contributed by atoms with E-state index in [0.717, 1.165) is 11.3 Å². The molecule has 1 fully saturated rings. The molecule has 1 amide bonds. The average molecular weight is 287 g/mol. The quantitative estimate of drug-likeness (QED) is 0.891. The molecule has 6 nitrogen and oxygen atoms in total. The molecule has 1 aromatic heterocycles. The Morgan fingerprint density at radius 2 is 2.38 bits per heavy atom. The van der Waals surface area contributed by atoms with E-state index in [9.17, 15) is 9.90 Å². The fourth-order valence-corrected chi connectivity index (χ4v) is 2.54. The second-order valence-corrected chi connectivity index (χ2v) is 5.08. The summed E-state index contributed by atoms with van der Waals surface area (Å²) in [6.45, 7) is 0.949. The van der Waals surface area contributed by atoms with Crippen LogP contribution >= 0.6 is 0 Å². The minimum atomic E-state index is -0.430. The van der Waals surface area contributed by atoms with E-state index in [1.807, 2.05) is 24.3 Å². The molecule has 3 rings (SSSR count). The van der Waals surface area contributed by atoms with Crippen LogP contribution in [-0.2, 0) is 0 Å². The van der Waals surface area contributed by atoms with Crippen molar-refractivity contribution in [1.29, 1.82) is 0 Å². The van der Waals surface area contributed by atoms with E-state index >= 15 is 0 Å². The van der Waals surface area contributed by atoms with Crippen molar-refractivity contribution in [3.8, 4) is 17.0 Å². The Hall–Kier alpha value is -2.34. The summed E-state index contributed by atoms with van der Waals surface area (Å²) in [7, 11) is 1.60. The van der Waals surface area contributed by atoms with Gasteiger partial charge in [-0.25, -0.2) is 0 Å². The zero-order valence-electron chi connectivity index (χ0n) is 11.7. The van der Waals surface area contributed by atoms with Crippen molar-refractivity contribution in [3.63, 3.8) is 0 Å². The normalized spacial score (nSPS) is 18.0. The first-order valence-electron chi connectivity index (χ1n) is 6.84. The molecule has 0 aliphatic carbocycles. The van der Waals surface area contributed by atoms with Crippen LogP contribution in [0.15, 0.2) is 30.5 Å². The maximum absolute atomic E-state index is 12.5. The number of H-pyrrole nitrogens is 1. The lowest BCUT2D eigenvalue weighted by Gasteiger charge is -2.15. The minimum Gasteiger partial charge on any atom is -0.497 e. The van der Waals surface area contributed by atoms with Gasteiger partial charge in [0.15, 0.2) is 0 Å². The van der Waals surface area contributed by atoms with Crippen LogP contribution < -0.4 is 4.74 Å². The van der Waals surface area contributed by atoms with Crippen LogP contribution in [0.4, 0.5) is 0 Å². The molecule has 2 aromatic rings. The highest BCUT2D eigenvalue weighted by molar-refractivity contribution is 6.00. The predicted octanol–water partition coefficient (Wildman–Crippen LogP) is 1.29. The van der Waals surface area contributed by atoms with Crippen LogP contribution in [0.5, 0.6) is 5.75 Å². The first-order chi connectivity index (χ1) is 10.2. The smallest absolute Gasteiger partial charge is 0.257 e. The number of carbonyl (C=O) groups is 1. The fraction of sp³-hybridized carbons (Fsp3) is 0.333. The monoisotopic (exact) mass is 287 g/mol. The van der Waals surface area contributed by atoms with Crippen molar-refractivity contribution in [2.45, 2.75) is 12.5 Å². The summed E-state index contributed by atoms with van der Waals surface area (Å²) in [5, 5.41) is 16.4. The number of methoxy groups -OCH3 is 1. The van der Waals surface area contributed by atoms with E-state index in [0.29, 0.717) is 30.8 Å². The van der Waals surface area contributed by atoms with Crippen molar-refractivity contribution in [3.05, 3.63) is 36.0 Å². The molecule has 110 valence electrons. The fourth-order valence-electron chi connectivity index (χ4n) is 2.54. The predicted molar refractivity (Wildman–Crippen MR) is 77.1 cm³/mol. The molecule has 0 saturated carbocycles. The number of rotatable bonds is 3. The van der Waals surface area contributed by atoms with Crippen molar-refractivity contribution >= 4 is 5.91 Å². The van der Waals surface area contributed by atoms with Gasteiger partial charge in [-0.05, 0) is 18.6 Å². The van der Waals surface area contributed by atoms with Gasteiger partial charge in [-0.2, -0.15) is 5.10 Å². The lowest BCUT2D eigenvalue weighted by atomic mass is 10.1. The number of aliphatic hydroxyl groups is 1. The number of likely N-dealkylation sites (tertiary alicyclic amines) is 1. The lowest BCUT2D eigenvalue weighted by Crippen LogP contribution is -2.29. The third-order valence-electron chi connectivity index (χ3n) is 3.68.